The highest BCUT2D eigenvalue weighted by Gasteiger charge is 2.03. The van der Waals surface area contributed by atoms with Gasteiger partial charge in [-0.3, -0.25) is 19.3 Å². The van der Waals surface area contributed by atoms with Crippen LogP contribution in [0.1, 0.15) is 0 Å². The first-order valence-corrected chi connectivity index (χ1v) is 5.04. The monoisotopic (exact) mass is 254 g/mol. The Bertz CT molecular complexity index is 686. The molecule has 2 aromatic rings. The molecule has 0 spiro atoms. The van der Waals surface area contributed by atoms with Gasteiger partial charge in [-0.05, 0) is 18.3 Å². The molecule has 0 unspecified atom stereocenters. The summed E-state index contributed by atoms with van der Waals surface area (Å²) < 4.78 is 1.65. The van der Waals surface area contributed by atoms with Gasteiger partial charge in [-0.25, -0.2) is 4.79 Å². The average molecular weight is 254 g/mol. The molecule has 6 nitrogen and oxygen atoms in total. The van der Waals surface area contributed by atoms with Gasteiger partial charge >= 0.3 is 5.69 Å². The molecular formula is C8H6N4O2S2. The van der Waals surface area contributed by atoms with Crippen LogP contribution < -0.4 is 11.2 Å². The first kappa shape index (κ1) is 10.7. The second kappa shape index (κ2) is 3.99. The van der Waals surface area contributed by atoms with Crippen LogP contribution in [0.4, 0.5) is 0 Å². The van der Waals surface area contributed by atoms with Crippen molar-refractivity contribution in [3.05, 3.63) is 48.7 Å². The molecule has 0 aliphatic heterocycles. The van der Waals surface area contributed by atoms with Gasteiger partial charge in [0, 0.05) is 12.4 Å². The van der Waals surface area contributed by atoms with E-state index >= 15 is 0 Å². The van der Waals surface area contributed by atoms with Crippen molar-refractivity contribution in [3.63, 3.8) is 0 Å². The van der Waals surface area contributed by atoms with Crippen LogP contribution >= 0.6 is 24.4 Å². The van der Waals surface area contributed by atoms with Gasteiger partial charge in [0.15, 0.2) is 4.77 Å². The molecule has 0 saturated heterocycles. The molecule has 8 heteroatoms. The van der Waals surface area contributed by atoms with Gasteiger partial charge in [0.05, 0.1) is 0 Å². The van der Waals surface area contributed by atoms with Crippen LogP contribution in [0.3, 0.4) is 0 Å². The summed E-state index contributed by atoms with van der Waals surface area (Å²) in [7, 11) is 0. The SMILES string of the molecule is O=c1[nH]c(=S)[nH]cc1-n1ccc(=S)[nH]c1=O. The Balaban J connectivity index is 2.78. The van der Waals surface area contributed by atoms with Crippen LogP contribution in [0.25, 0.3) is 5.69 Å². The molecule has 16 heavy (non-hydrogen) atoms. The summed E-state index contributed by atoms with van der Waals surface area (Å²) in [4.78, 5) is 30.5. The van der Waals surface area contributed by atoms with Crippen molar-refractivity contribution < 1.29 is 0 Å². The van der Waals surface area contributed by atoms with E-state index in [9.17, 15) is 9.59 Å². The zero-order chi connectivity index (χ0) is 11.7. The van der Waals surface area contributed by atoms with Crippen molar-refractivity contribution in [2.45, 2.75) is 0 Å². The van der Waals surface area contributed by atoms with Gasteiger partial charge in [0.2, 0.25) is 0 Å². The number of rotatable bonds is 1. The largest absolute Gasteiger partial charge is 0.337 e. The zero-order valence-corrected chi connectivity index (χ0v) is 9.45. The van der Waals surface area contributed by atoms with Crippen LogP contribution in [0.15, 0.2) is 28.0 Å². The van der Waals surface area contributed by atoms with Gasteiger partial charge < -0.3 is 4.98 Å². The van der Waals surface area contributed by atoms with Gasteiger partial charge in [-0.15, -0.1) is 0 Å². The number of nitrogens with zero attached hydrogens (tertiary/aromatic N) is 1. The molecule has 0 aliphatic rings. The number of hydrogen-bond acceptors (Lipinski definition) is 4. The fourth-order valence-corrected chi connectivity index (χ4v) is 1.49. The lowest BCUT2D eigenvalue weighted by Gasteiger charge is -2.02. The van der Waals surface area contributed by atoms with Crippen LogP contribution in [-0.4, -0.2) is 19.5 Å². The number of H-pyrrole nitrogens is 3. The van der Waals surface area contributed by atoms with E-state index in [4.69, 9.17) is 24.4 Å². The fraction of sp³-hybridized carbons (Fsp3) is 0. The molecule has 0 saturated carbocycles. The maximum absolute atomic E-state index is 11.5. The summed E-state index contributed by atoms with van der Waals surface area (Å²) in [6.45, 7) is 0. The molecule has 0 aliphatic carbocycles. The van der Waals surface area contributed by atoms with E-state index in [-0.39, 0.29) is 10.5 Å². The van der Waals surface area contributed by atoms with Gasteiger partial charge in [0.1, 0.15) is 10.3 Å². The first-order chi connectivity index (χ1) is 7.58. The van der Waals surface area contributed by atoms with Crippen molar-refractivity contribution in [1.29, 1.82) is 0 Å². The molecule has 0 fully saturated rings. The van der Waals surface area contributed by atoms with Crippen molar-refractivity contribution in [3.8, 4) is 5.69 Å². The van der Waals surface area contributed by atoms with E-state index in [2.05, 4.69) is 15.0 Å². The predicted octanol–water partition coefficient (Wildman–Crippen LogP) is 0.641. The third-order valence-electron chi connectivity index (χ3n) is 1.88. The maximum atomic E-state index is 11.5. The highest BCUT2D eigenvalue weighted by atomic mass is 32.1. The zero-order valence-electron chi connectivity index (χ0n) is 7.81. The topological polar surface area (TPSA) is 86.4 Å². The van der Waals surface area contributed by atoms with E-state index in [1.807, 2.05) is 0 Å². The second-order valence-corrected chi connectivity index (χ2v) is 3.79. The third kappa shape index (κ3) is 1.92. The molecular weight excluding hydrogens is 248 g/mol. The van der Waals surface area contributed by atoms with Crippen molar-refractivity contribution in [2.24, 2.45) is 0 Å². The standard InChI is InChI=1S/C8H6N4O2S2/c13-6-4(3-9-7(16)11-6)12-2-1-5(15)10-8(12)14/h1-3H,(H,10,14,15)(H2,9,11,13,16). The highest BCUT2D eigenvalue weighted by Crippen LogP contribution is 1.93. The average Bonchev–Trinajstić information content (AvgIpc) is 2.19. The van der Waals surface area contributed by atoms with E-state index in [0.29, 0.717) is 4.64 Å². The number of nitrogens with one attached hydrogen (secondary N) is 3. The molecule has 0 atom stereocenters. The fourth-order valence-electron chi connectivity index (χ4n) is 1.19. The molecule has 0 amide bonds. The Kier molecular flexibility index (Phi) is 2.67. The second-order valence-electron chi connectivity index (χ2n) is 2.94. The number of aromatic amines is 3. The van der Waals surface area contributed by atoms with E-state index in [1.54, 1.807) is 0 Å². The van der Waals surface area contributed by atoms with Gasteiger partial charge in [-0.1, -0.05) is 12.2 Å². The minimum Gasteiger partial charge on any atom is -0.337 e. The van der Waals surface area contributed by atoms with E-state index in [1.165, 1.54) is 18.5 Å². The normalized spacial score (nSPS) is 10.2. The highest BCUT2D eigenvalue weighted by molar-refractivity contribution is 7.71. The van der Waals surface area contributed by atoms with Gasteiger partial charge in [0.25, 0.3) is 5.56 Å². The minimum absolute atomic E-state index is 0.143. The predicted molar refractivity (Wildman–Crippen MR) is 63.0 cm³/mol. The number of hydrogen-bond donors (Lipinski definition) is 3. The molecule has 2 rings (SSSR count). The Morgan fingerprint density at radius 2 is 1.94 bits per heavy atom. The Morgan fingerprint density at radius 1 is 1.19 bits per heavy atom. The lowest BCUT2D eigenvalue weighted by Crippen LogP contribution is -2.26. The molecule has 2 aromatic heterocycles. The smallest absolute Gasteiger partial charge is 0.331 e. The van der Waals surface area contributed by atoms with Crippen molar-refractivity contribution in [2.75, 3.05) is 0 Å². The van der Waals surface area contributed by atoms with Crippen LogP contribution in [-0.2, 0) is 0 Å². The summed E-state index contributed by atoms with van der Waals surface area (Å²) in [6.07, 6.45) is 2.78. The molecule has 2 heterocycles. The number of aromatic nitrogens is 4. The molecule has 0 radical (unpaired) electrons. The Hall–Kier alpha value is -1.80. The van der Waals surface area contributed by atoms with Crippen molar-refractivity contribution >= 4 is 24.4 Å². The minimum atomic E-state index is -0.483. The van der Waals surface area contributed by atoms with Crippen molar-refractivity contribution in [1.82, 2.24) is 19.5 Å². The molecule has 0 bridgehead atoms. The van der Waals surface area contributed by atoms with Crippen LogP contribution in [0, 0.1) is 9.41 Å². The van der Waals surface area contributed by atoms with E-state index in [0.717, 1.165) is 4.57 Å². The molecule has 0 aromatic carbocycles. The molecule has 82 valence electrons. The summed E-state index contributed by atoms with van der Waals surface area (Å²) in [6, 6.07) is 1.51. The van der Waals surface area contributed by atoms with Crippen LogP contribution in [0.2, 0.25) is 0 Å². The summed E-state index contributed by atoms with van der Waals surface area (Å²) in [5.74, 6) is 0. The van der Waals surface area contributed by atoms with E-state index < -0.39 is 11.2 Å². The lowest BCUT2D eigenvalue weighted by atomic mass is 10.5. The molecule has 3 N–H and O–H groups in total. The maximum Gasteiger partial charge on any atom is 0.331 e. The first-order valence-electron chi connectivity index (χ1n) is 4.22. The quantitative estimate of drug-likeness (QED) is 0.652. The Morgan fingerprint density at radius 3 is 2.56 bits per heavy atom. The summed E-state index contributed by atoms with van der Waals surface area (Å²) in [5, 5.41) is 0. The lowest BCUT2D eigenvalue weighted by molar-refractivity contribution is 0.875. The van der Waals surface area contributed by atoms with Gasteiger partial charge in [-0.2, -0.15) is 0 Å². The Labute approximate surface area is 98.6 Å². The van der Waals surface area contributed by atoms with Crippen LogP contribution in [0.5, 0.6) is 0 Å². The summed E-state index contributed by atoms with van der Waals surface area (Å²) in [5.41, 5.74) is -0.787. The third-order valence-corrected chi connectivity index (χ3v) is 2.34. The summed E-state index contributed by atoms with van der Waals surface area (Å²) >= 11 is 9.52.